The highest BCUT2D eigenvalue weighted by molar-refractivity contribution is 5.92. The predicted molar refractivity (Wildman–Crippen MR) is 74.6 cm³/mol. The van der Waals surface area contributed by atoms with Gasteiger partial charge < -0.3 is 16.8 Å². The third-order valence-electron chi connectivity index (χ3n) is 2.86. The van der Waals surface area contributed by atoms with E-state index in [-0.39, 0.29) is 5.91 Å². The maximum atomic E-state index is 11.6. The molecule has 0 saturated carbocycles. The van der Waals surface area contributed by atoms with Gasteiger partial charge in [-0.1, -0.05) is 25.5 Å². The van der Waals surface area contributed by atoms with Crippen LogP contribution in [-0.4, -0.2) is 24.4 Å². The summed E-state index contributed by atoms with van der Waals surface area (Å²) in [5, 5.41) is 2.78. The van der Waals surface area contributed by atoms with Gasteiger partial charge in [-0.15, -0.1) is 0 Å². The molecule has 104 valence electrons. The van der Waals surface area contributed by atoms with Crippen LogP contribution in [0.25, 0.3) is 0 Å². The molecular formula is C14H21N3O2. The van der Waals surface area contributed by atoms with Crippen LogP contribution in [0.1, 0.15) is 35.7 Å². The van der Waals surface area contributed by atoms with Crippen LogP contribution in [0.2, 0.25) is 0 Å². The third kappa shape index (κ3) is 5.09. The van der Waals surface area contributed by atoms with E-state index in [0.29, 0.717) is 24.9 Å². The average Bonchev–Trinajstić information content (AvgIpc) is 2.39. The molecule has 0 aromatic heterocycles. The molecule has 1 rings (SSSR count). The van der Waals surface area contributed by atoms with Gasteiger partial charge in [-0.2, -0.15) is 0 Å². The smallest absolute Gasteiger partial charge is 0.248 e. The molecule has 0 bridgehead atoms. The molecule has 19 heavy (non-hydrogen) atoms. The standard InChI is InChI=1S/C14H21N3O2/c1-2-4-12(15)14(19)17-8-7-10-5-3-6-11(9-10)13(16)18/h3,5-6,9,12H,2,4,7-8,15H2,1H3,(H2,16,18)(H,17,19). The Kier molecular flexibility index (Phi) is 6.02. The number of carbonyl (C=O) groups is 2. The molecule has 1 aromatic carbocycles. The van der Waals surface area contributed by atoms with E-state index in [1.54, 1.807) is 18.2 Å². The molecular weight excluding hydrogens is 242 g/mol. The fourth-order valence-corrected chi connectivity index (χ4v) is 1.78. The van der Waals surface area contributed by atoms with Crippen LogP contribution in [0.4, 0.5) is 0 Å². The molecule has 0 radical (unpaired) electrons. The molecule has 1 unspecified atom stereocenters. The molecule has 0 aliphatic carbocycles. The highest BCUT2D eigenvalue weighted by Crippen LogP contribution is 2.05. The van der Waals surface area contributed by atoms with Crippen LogP contribution in [0.5, 0.6) is 0 Å². The molecule has 0 spiro atoms. The largest absolute Gasteiger partial charge is 0.366 e. The minimum atomic E-state index is -0.448. The van der Waals surface area contributed by atoms with E-state index < -0.39 is 11.9 Å². The number of hydrogen-bond acceptors (Lipinski definition) is 3. The van der Waals surface area contributed by atoms with Crippen molar-refractivity contribution >= 4 is 11.8 Å². The lowest BCUT2D eigenvalue weighted by Gasteiger charge is -2.11. The SMILES string of the molecule is CCCC(N)C(=O)NCCc1cccc(C(N)=O)c1. The number of hydrogen-bond donors (Lipinski definition) is 3. The van der Waals surface area contributed by atoms with Crippen LogP contribution in [0.15, 0.2) is 24.3 Å². The molecule has 0 aliphatic heterocycles. The van der Waals surface area contributed by atoms with Crippen molar-refractivity contribution in [2.45, 2.75) is 32.2 Å². The van der Waals surface area contributed by atoms with Crippen LogP contribution in [-0.2, 0) is 11.2 Å². The summed E-state index contributed by atoms with van der Waals surface area (Å²) in [5.41, 5.74) is 12.3. The van der Waals surface area contributed by atoms with Crippen molar-refractivity contribution in [2.75, 3.05) is 6.54 Å². The molecule has 0 heterocycles. The number of benzene rings is 1. The van der Waals surface area contributed by atoms with Crippen molar-refractivity contribution in [1.82, 2.24) is 5.32 Å². The normalized spacial score (nSPS) is 11.9. The summed E-state index contributed by atoms with van der Waals surface area (Å²) >= 11 is 0. The number of nitrogens with one attached hydrogen (secondary N) is 1. The second kappa shape index (κ2) is 7.53. The summed E-state index contributed by atoms with van der Waals surface area (Å²) in [4.78, 5) is 22.6. The van der Waals surface area contributed by atoms with Gasteiger partial charge in [-0.25, -0.2) is 0 Å². The van der Waals surface area contributed by atoms with Crippen molar-refractivity contribution in [1.29, 1.82) is 0 Å². The van der Waals surface area contributed by atoms with Gasteiger partial charge in [0.25, 0.3) is 0 Å². The van der Waals surface area contributed by atoms with Gasteiger partial charge >= 0.3 is 0 Å². The molecule has 0 aliphatic rings. The van der Waals surface area contributed by atoms with Crippen molar-refractivity contribution in [3.8, 4) is 0 Å². The van der Waals surface area contributed by atoms with E-state index in [1.807, 2.05) is 13.0 Å². The molecule has 5 nitrogen and oxygen atoms in total. The molecule has 1 atom stereocenters. The first kappa shape index (κ1) is 15.2. The van der Waals surface area contributed by atoms with Crippen LogP contribution in [0.3, 0.4) is 0 Å². The Labute approximate surface area is 113 Å². The van der Waals surface area contributed by atoms with Gasteiger partial charge in [0, 0.05) is 12.1 Å². The predicted octanol–water partition coefficient (Wildman–Crippen LogP) is 0.572. The molecule has 0 fully saturated rings. The number of nitrogens with two attached hydrogens (primary N) is 2. The molecule has 5 N–H and O–H groups in total. The van der Waals surface area contributed by atoms with Crippen LogP contribution < -0.4 is 16.8 Å². The summed E-state index contributed by atoms with van der Waals surface area (Å²) in [7, 11) is 0. The molecule has 5 heteroatoms. The summed E-state index contributed by atoms with van der Waals surface area (Å²) in [6, 6.07) is 6.63. The van der Waals surface area contributed by atoms with E-state index in [0.717, 1.165) is 12.0 Å². The topological polar surface area (TPSA) is 98.2 Å². The number of carbonyl (C=O) groups excluding carboxylic acids is 2. The van der Waals surface area contributed by atoms with Gasteiger partial charge in [-0.05, 0) is 30.5 Å². The fraction of sp³-hybridized carbons (Fsp3) is 0.429. The minimum absolute atomic E-state index is 0.132. The Balaban J connectivity index is 2.43. The first-order valence-corrected chi connectivity index (χ1v) is 6.46. The summed E-state index contributed by atoms with van der Waals surface area (Å²) in [5.74, 6) is -0.580. The summed E-state index contributed by atoms with van der Waals surface area (Å²) in [6.45, 7) is 2.49. The van der Waals surface area contributed by atoms with Gasteiger partial charge in [0.1, 0.15) is 0 Å². The maximum Gasteiger partial charge on any atom is 0.248 e. The van der Waals surface area contributed by atoms with Gasteiger partial charge in [0.05, 0.1) is 6.04 Å². The summed E-state index contributed by atoms with van der Waals surface area (Å²) < 4.78 is 0. The van der Waals surface area contributed by atoms with Gasteiger partial charge in [0.15, 0.2) is 0 Å². The zero-order valence-electron chi connectivity index (χ0n) is 11.2. The monoisotopic (exact) mass is 263 g/mol. The third-order valence-corrected chi connectivity index (χ3v) is 2.86. The lowest BCUT2D eigenvalue weighted by Crippen LogP contribution is -2.41. The minimum Gasteiger partial charge on any atom is -0.366 e. The quantitative estimate of drug-likeness (QED) is 0.670. The van der Waals surface area contributed by atoms with Crippen LogP contribution >= 0.6 is 0 Å². The van der Waals surface area contributed by atoms with E-state index >= 15 is 0 Å². The molecule has 1 aromatic rings. The highest BCUT2D eigenvalue weighted by atomic mass is 16.2. The Morgan fingerprint density at radius 2 is 2.11 bits per heavy atom. The first-order chi connectivity index (χ1) is 9.04. The average molecular weight is 263 g/mol. The highest BCUT2D eigenvalue weighted by Gasteiger charge is 2.11. The second-order valence-corrected chi connectivity index (χ2v) is 4.50. The van der Waals surface area contributed by atoms with E-state index in [1.165, 1.54) is 0 Å². The van der Waals surface area contributed by atoms with Crippen molar-refractivity contribution in [3.05, 3.63) is 35.4 Å². The number of rotatable bonds is 7. The summed E-state index contributed by atoms with van der Waals surface area (Å²) in [6.07, 6.45) is 2.21. The van der Waals surface area contributed by atoms with Crippen molar-refractivity contribution < 1.29 is 9.59 Å². The lowest BCUT2D eigenvalue weighted by atomic mass is 10.1. The van der Waals surface area contributed by atoms with E-state index in [9.17, 15) is 9.59 Å². The molecule has 0 saturated heterocycles. The first-order valence-electron chi connectivity index (χ1n) is 6.46. The number of primary amides is 1. The zero-order chi connectivity index (χ0) is 14.3. The molecule has 2 amide bonds. The Bertz CT molecular complexity index is 446. The Hall–Kier alpha value is -1.88. The second-order valence-electron chi connectivity index (χ2n) is 4.50. The van der Waals surface area contributed by atoms with Gasteiger partial charge in [0.2, 0.25) is 11.8 Å². The van der Waals surface area contributed by atoms with Gasteiger partial charge in [-0.3, -0.25) is 9.59 Å². The van der Waals surface area contributed by atoms with Crippen molar-refractivity contribution in [3.63, 3.8) is 0 Å². The zero-order valence-corrected chi connectivity index (χ0v) is 11.2. The maximum absolute atomic E-state index is 11.6. The fourth-order valence-electron chi connectivity index (χ4n) is 1.78. The van der Waals surface area contributed by atoms with E-state index in [2.05, 4.69) is 5.32 Å². The lowest BCUT2D eigenvalue weighted by molar-refractivity contribution is -0.122. The van der Waals surface area contributed by atoms with Crippen molar-refractivity contribution in [2.24, 2.45) is 11.5 Å². The number of amides is 2. The Morgan fingerprint density at radius 3 is 2.74 bits per heavy atom. The Morgan fingerprint density at radius 1 is 1.37 bits per heavy atom. The van der Waals surface area contributed by atoms with E-state index in [4.69, 9.17) is 11.5 Å². The van der Waals surface area contributed by atoms with Crippen LogP contribution in [0, 0.1) is 0 Å².